The van der Waals surface area contributed by atoms with Gasteiger partial charge in [0, 0.05) is 12.1 Å². The zero-order valence-electron chi connectivity index (χ0n) is 7.96. The molecular formula is C10H20ClN. The van der Waals surface area contributed by atoms with Crippen molar-refractivity contribution in [2.24, 2.45) is 0 Å². The molecule has 72 valence electrons. The van der Waals surface area contributed by atoms with Crippen molar-refractivity contribution in [1.82, 2.24) is 4.90 Å². The zero-order chi connectivity index (χ0) is 7.68. The molecule has 0 aromatic rings. The van der Waals surface area contributed by atoms with Crippen molar-refractivity contribution in [2.75, 3.05) is 7.05 Å². The number of hydrogen-bond acceptors (Lipinski definition) is 1. The summed E-state index contributed by atoms with van der Waals surface area (Å²) in [5.41, 5.74) is 0. The van der Waals surface area contributed by atoms with E-state index >= 15 is 0 Å². The highest BCUT2D eigenvalue weighted by Gasteiger charge is 2.31. The molecule has 0 heterocycles. The van der Waals surface area contributed by atoms with Crippen LogP contribution in [0.5, 0.6) is 0 Å². The van der Waals surface area contributed by atoms with Crippen LogP contribution in [0.1, 0.15) is 44.9 Å². The topological polar surface area (TPSA) is 3.24 Å². The molecule has 1 nitrogen and oxygen atoms in total. The molecule has 0 spiro atoms. The van der Waals surface area contributed by atoms with Crippen LogP contribution in [0.2, 0.25) is 0 Å². The van der Waals surface area contributed by atoms with Crippen molar-refractivity contribution in [3.8, 4) is 0 Å². The second kappa shape index (κ2) is 4.48. The fourth-order valence-electron chi connectivity index (χ4n) is 2.27. The van der Waals surface area contributed by atoms with Crippen LogP contribution in [-0.2, 0) is 0 Å². The smallest absolute Gasteiger partial charge is 0.00963 e. The molecule has 0 aliphatic heterocycles. The van der Waals surface area contributed by atoms with E-state index < -0.39 is 0 Å². The lowest BCUT2D eigenvalue weighted by Gasteiger charge is -2.31. The van der Waals surface area contributed by atoms with Gasteiger partial charge in [-0.1, -0.05) is 19.3 Å². The molecule has 0 amide bonds. The van der Waals surface area contributed by atoms with Crippen LogP contribution in [0.4, 0.5) is 0 Å². The summed E-state index contributed by atoms with van der Waals surface area (Å²) in [7, 11) is 2.33. The van der Waals surface area contributed by atoms with Gasteiger partial charge in [-0.25, -0.2) is 0 Å². The largest absolute Gasteiger partial charge is 0.300 e. The Bertz CT molecular complexity index is 128. The molecule has 2 rings (SSSR count). The molecule has 0 radical (unpaired) electrons. The van der Waals surface area contributed by atoms with Crippen LogP contribution in [0.25, 0.3) is 0 Å². The Balaban J connectivity index is 0.000000720. The summed E-state index contributed by atoms with van der Waals surface area (Å²) in [6, 6.07) is 1.91. The third-order valence-corrected chi connectivity index (χ3v) is 3.27. The van der Waals surface area contributed by atoms with Gasteiger partial charge in [0.05, 0.1) is 0 Å². The highest BCUT2D eigenvalue weighted by molar-refractivity contribution is 5.85. The minimum atomic E-state index is 0. The second-order valence-electron chi connectivity index (χ2n) is 4.19. The van der Waals surface area contributed by atoms with Gasteiger partial charge in [-0.15, -0.1) is 12.4 Å². The molecule has 2 heteroatoms. The minimum absolute atomic E-state index is 0. The average molecular weight is 190 g/mol. The van der Waals surface area contributed by atoms with Gasteiger partial charge in [0.15, 0.2) is 0 Å². The first kappa shape index (κ1) is 10.3. The van der Waals surface area contributed by atoms with E-state index in [1.807, 2.05) is 0 Å². The summed E-state index contributed by atoms with van der Waals surface area (Å²) in [5.74, 6) is 0. The zero-order valence-corrected chi connectivity index (χ0v) is 8.78. The Hall–Kier alpha value is 0.250. The number of nitrogens with zero attached hydrogens (tertiary/aromatic N) is 1. The van der Waals surface area contributed by atoms with Gasteiger partial charge in [-0.2, -0.15) is 0 Å². The van der Waals surface area contributed by atoms with E-state index in [9.17, 15) is 0 Å². The van der Waals surface area contributed by atoms with Crippen LogP contribution in [0.3, 0.4) is 0 Å². The lowest BCUT2D eigenvalue weighted by Crippen LogP contribution is -2.34. The fourth-order valence-corrected chi connectivity index (χ4v) is 2.27. The van der Waals surface area contributed by atoms with Gasteiger partial charge >= 0.3 is 0 Å². The molecule has 0 bridgehead atoms. The lowest BCUT2D eigenvalue weighted by atomic mass is 9.94. The Kier molecular flexibility index (Phi) is 3.85. The summed E-state index contributed by atoms with van der Waals surface area (Å²) in [6.07, 6.45) is 10.3. The summed E-state index contributed by atoms with van der Waals surface area (Å²) < 4.78 is 0. The van der Waals surface area contributed by atoms with E-state index in [0.29, 0.717) is 0 Å². The van der Waals surface area contributed by atoms with Gasteiger partial charge in [-0.05, 0) is 32.7 Å². The third kappa shape index (κ3) is 2.37. The molecule has 2 saturated carbocycles. The van der Waals surface area contributed by atoms with E-state index in [1.165, 1.54) is 44.9 Å². The highest BCUT2D eigenvalue weighted by Crippen LogP contribution is 2.31. The Morgan fingerprint density at radius 1 is 0.833 bits per heavy atom. The van der Waals surface area contributed by atoms with E-state index in [-0.39, 0.29) is 12.4 Å². The second-order valence-corrected chi connectivity index (χ2v) is 4.19. The molecule has 2 aliphatic carbocycles. The highest BCUT2D eigenvalue weighted by atomic mass is 35.5. The van der Waals surface area contributed by atoms with E-state index in [2.05, 4.69) is 11.9 Å². The van der Waals surface area contributed by atoms with Crippen molar-refractivity contribution in [1.29, 1.82) is 0 Å². The number of rotatable bonds is 2. The predicted octanol–water partition coefficient (Wildman–Crippen LogP) is 2.84. The summed E-state index contributed by atoms with van der Waals surface area (Å²) in [4.78, 5) is 2.64. The average Bonchev–Trinajstić information content (AvgIpc) is 2.87. The normalized spacial score (nSPS) is 25.5. The van der Waals surface area contributed by atoms with Crippen molar-refractivity contribution in [3.63, 3.8) is 0 Å². The quantitative estimate of drug-likeness (QED) is 0.646. The maximum Gasteiger partial charge on any atom is 0.00963 e. The third-order valence-electron chi connectivity index (χ3n) is 3.27. The van der Waals surface area contributed by atoms with Gasteiger partial charge < -0.3 is 4.90 Å². The maximum atomic E-state index is 2.64. The van der Waals surface area contributed by atoms with Gasteiger partial charge in [0.2, 0.25) is 0 Å². The molecule has 2 aliphatic rings. The van der Waals surface area contributed by atoms with E-state index in [4.69, 9.17) is 0 Å². The maximum absolute atomic E-state index is 2.64. The van der Waals surface area contributed by atoms with Crippen molar-refractivity contribution in [3.05, 3.63) is 0 Å². The summed E-state index contributed by atoms with van der Waals surface area (Å²) in [6.45, 7) is 0. The molecule has 0 N–H and O–H groups in total. The van der Waals surface area contributed by atoms with Gasteiger partial charge in [0.25, 0.3) is 0 Å². The first-order valence-corrected chi connectivity index (χ1v) is 5.10. The fraction of sp³-hybridized carbons (Fsp3) is 1.00. The minimum Gasteiger partial charge on any atom is -0.300 e. The molecule has 0 atom stereocenters. The Morgan fingerprint density at radius 3 is 1.83 bits per heavy atom. The molecule has 0 aromatic heterocycles. The molecular weight excluding hydrogens is 170 g/mol. The summed E-state index contributed by atoms with van der Waals surface area (Å²) >= 11 is 0. The van der Waals surface area contributed by atoms with Gasteiger partial charge in [0.1, 0.15) is 0 Å². The van der Waals surface area contributed by atoms with Crippen LogP contribution >= 0.6 is 12.4 Å². The lowest BCUT2D eigenvalue weighted by molar-refractivity contribution is 0.183. The van der Waals surface area contributed by atoms with Crippen LogP contribution in [0.15, 0.2) is 0 Å². The van der Waals surface area contributed by atoms with Crippen molar-refractivity contribution in [2.45, 2.75) is 57.0 Å². The molecule has 0 aromatic carbocycles. The Labute approximate surface area is 81.9 Å². The molecule has 12 heavy (non-hydrogen) atoms. The first-order chi connectivity index (χ1) is 5.38. The SMILES string of the molecule is CN(C1CCCCC1)C1CC1.Cl. The first-order valence-electron chi connectivity index (χ1n) is 5.10. The molecule has 2 fully saturated rings. The molecule has 0 saturated heterocycles. The Morgan fingerprint density at radius 2 is 1.33 bits per heavy atom. The van der Waals surface area contributed by atoms with Crippen molar-refractivity contribution >= 4 is 12.4 Å². The van der Waals surface area contributed by atoms with Crippen LogP contribution < -0.4 is 0 Å². The van der Waals surface area contributed by atoms with Crippen molar-refractivity contribution < 1.29 is 0 Å². The van der Waals surface area contributed by atoms with E-state index in [0.717, 1.165) is 12.1 Å². The number of hydrogen-bond donors (Lipinski definition) is 0. The van der Waals surface area contributed by atoms with Crippen LogP contribution in [-0.4, -0.2) is 24.0 Å². The summed E-state index contributed by atoms with van der Waals surface area (Å²) in [5, 5.41) is 0. The van der Waals surface area contributed by atoms with Crippen LogP contribution in [0, 0.1) is 0 Å². The van der Waals surface area contributed by atoms with Gasteiger partial charge in [-0.3, -0.25) is 0 Å². The molecule has 0 unspecified atom stereocenters. The van der Waals surface area contributed by atoms with E-state index in [1.54, 1.807) is 0 Å². The number of halogens is 1. The predicted molar refractivity (Wildman–Crippen MR) is 54.9 cm³/mol. The monoisotopic (exact) mass is 189 g/mol. The standard InChI is InChI=1S/C10H19N.ClH/c1-11(10-7-8-10)9-5-3-2-4-6-9;/h9-10H,2-8H2,1H3;1H.